The largest absolute Gasteiger partial charge is 0.354 e. The molecule has 0 aromatic heterocycles. The van der Waals surface area contributed by atoms with E-state index in [1.165, 1.54) is 24.3 Å². The molecule has 0 saturated carbocycles. The van der Waals surface area contributed by atoms with Gasteiger partial charge in [-0.25, -0.2) is 0 Å². The number of fused-ring (bicyclic) bond motifs is 2. The zero-order chi connectivity index (χ0) is 23.7. The van der Waals surface area contributed by atoms with E-state index in [2.05, 4.69) is 17.4 Å². The van der Waals surface area contributed by atoms with Crippen molar-refractivity contribution in [2.75, 3.05) is 5.32 Å². The second-order valence-corrected chi connectivity index (χ2v) is 10.6. The third kappa shape index (κ3) is 4.89. The molecule has 7 nitrogen and oxygen atoms in total. The van der Waals surface area contributed by atoms with E-state index in [0.717, 1.165) is 40.7 Å². The molecule has 168 valence electrons. The van der Waals surface area contributed by atoms with Crippen molar-refractivity contribution in [2.45, 2.75) is 29.4 Å². The molecule has 0 spiro atoms. The summed E-state index contributed by atoms with van der Waals surface area (Å²) in [5.74, 6) is 0. The van der Waals surface area contributed by atoms with Gasteiger partial charge in [0, 0.05) is 53.6 Å². The number of hydrogen-bond acceptors (Lipinski definition) is 8. The van der Waals surface area contributed by atoms with Gasteiger partial charge >= 0.3 is 0 Å². The SMILES string of the molecule is O=[N+]([O-])c1ccc(Sc2ccc3c(c2)Sc2cc(Sc4ccc([N+](=O)[O-])cc4)ccc2N3)cc1. The van der Waals surface area contributed by atoms with E-state index in [1.807, 2.05) is 24.3 Å². The molecule has 0 atom stereocenters. The molecule has 0 amide bonds. The van der Waals surface area contributed by atoms with Crippen LogP contribution < -0.4 is 5.32 Å². The molecule has 1 aliphatic rings. The Morgan fingerprint density at radius 3 is 1.35 bits per heavy atom. The number of non-ortho nitro benzene ring substituents is 2. The predicted octanol–water partition coefficient (Wildman–Crippen LogP) is 8.01. The predicted molar refractivity (Wildman–Crippen MR) is 135 cm³/mol. The molecular formula is C24H15N3O4S3. The Morgan fingerprint density at radius 2 is 0.971 bits per heavy atom. The van der Waals surface area contributed by atoms with Crippen LogP contribution in [0.4, 0.5) is 22.7 Å². The fourth-order valence-corrected chi connectivity index (χ4v) is 6.25. The minimum absolute atomic E-state index is 0.0774. The molecule has 0 bridgehead atoms. The second-order valence-electron chi connectivity index (χ2n) is 7.25. The van der Waals surface area contributed by atoms with Crippen molar-refractivity contribution in [3.8, 4) is 0 Å². The highest BCUT2D eigenvalue weighted by Gasteiger charge is 2.17. The van der Waals surface area contributed by atoms with Gasteiger partial charge in [0.15, 0.2) is 0 Å². The van der Waals surface area contributed by atoms with Crippen LogP contribution in [0.15, 0.2) is 114 Å². The summed E-state index contributed by atoms with van der Waals surface area (Å²) in [7, 11) is 0. The molecule has 0 unspecified atom stereocenters. The highest BCUT2D eigenvalue weighted by Crippen LogP contribution is 2.47. The Kier molecular flexibility index (Phi) is 6.18. The average molecular weight is 506 g/mol. The summed E-state index contributed by atoms with van der Waals surface area (Å²) in [6.07, 6.45) is 0. The maximum absolute atomic E-state index is 10.9. The van der Waals surface area contributed by atoms with E-state index in [4.69, 9.17) is 0 Å². The van der Waals surface area contributed by atoms with Crippen LogP contribution in [0.25, 0.3) is 0 Å². The van der Waals surface area contributed by atoms with E-state index < -0.39 is 9.85 Å². The first-order chi connectivity index (χ1) is 16.4. The Morgan fingerprint density at radius 1 is 0.588 bits per heavy atom. The van der Waals surface area contributed by atoms with Crippen LogP contribution in [0, 0.1) is 20.2 Å². The number of nitrogens with one attached hydrogen (secondary N) is 1. The molecule has 0 aliphatic carbocycles. The van der Waals surface area contributed by atoms with E-state index in [-0.39, 0.29) is 11.4 Å². The van der Waals surface area contributed by atoms with Gasteiger partial charge in [-0.05, 0) is 60.7 Å². The molecule has 1 aliphatic heterocycles. The number of nitro benzene ring substituents is 2. The fourth-order valence-electron chi connectivity index (χ4n) is 3.32. The molecule has 10 heteroatoms. The maximum atomic E-state index is 10.9. The fraction of sp³-hybridized carbons (Fsp3) is 0. The Hall–Kier alpha value is -3.47. The van der Waals surface area contributed by atoms with Gasteiger partial charge in [0.2, 0.25) is 0 Å². The Labute approximate surface area is 207 Å². The number of rotatable bonds is 6. The first-order valence-electron chi connectivity index (χ1n) is 10.0. The van der Waals surface area contributed by atoms with Crippen molar-refractivity contribution in [1.82, 2.24) is 0 Å². The van der Waals surface area contributed by atoms with E-state index >= 15 is 0 Å². The summed E-state index contributed by atoms with van der Waals surface area (Å²) in [6.45, 7) is 0. The summed E-state index contributed by atoms with van der Waals surface area (Å²) in [6, 6.07) is 25.4. The lowest BCUT2D eigenvalue weighted by molar-refractivity contribution is -0.385. The lowest BCUT2D eigenvalue weighted by Crippen LogP contribution is -1.99. The van der Waals surface area contributed by atoms with Crippen LogP contribution in [0.2, 0.25) is 0 Å². The zero-order valence-electron chi connectivity index (χ0n) is 17.3. The Bertz CT molecular complexity index is 1300. The van der Waals surface area contributed by atoms with Crippen molar-refractivity contribution < 1.29 is 9.85 Å². The van der Waals surface area contributed by atoms with E-state index in [9.17, 15) is 20.2 Å². The lowest BCUT2D eigenvalue weighted by Gasteiger charge is -2.22. The molecule has 34 heavy (non-hydrogen) atoms. The molecule has 0 radical (unpaired) electrons. The first kappa shape index (κ1) is 22.3. The van der Waals surface area contributed by atoms with Gasteiger partial charge in [0.05, 0.1) is 21.2 Å². The third-order valence-electron chi connectivity index (χ3n) is 4.96. The standard InChI is InChI=1S/C24H15N3O4S3/c28-26(29)15-1-5-17(6-2-15)32-19-9-11-21-23(13-19)34-24-14-20(10-12-22(24)25-21)33-18-7-3-16(4-8-18)27(30)31/h1-14,25H. The van der Waals surface area contributed by atoms with Gasteiger partial charge in [-0.3, -0.25) is 20.2 Å². The Balaban J connectivity index is 1.32. The summed E-state index contributed by atoms with van der Waals surface area (Å²) in [5.41, 5.74) is 2.21. The molecule has 4 aromatic rings. The third-order valence-corrected chi connectivity index (χ3v) is 8.07. The van der Waals surface area contributed by atoms with Crippen molar-refractivity contribution in [1.29, 1.82) is 0 Å². The minimum Gasteiger partial charge on any atom is -0.354 e. The molecule has 5 rings (SSSR count). The molecule has 4 aromatic carbocycles. The minimum atomic E-state index is -0.402. The first-order valence-corrected chi connectivity index (χ1v) is 12.5. The second kappa shape index (κ2) is 9.41. The van der Waals surface area contributed by atoms with Crippen LogP contribution in [0.3, 0.4) is 0 Å². The number of nitro groups is 2. The van der Waals surface area contributed by atoms with Crippen LogP contribution in [-0.4, -0.2) is 9.85 Å². The topological polar surface area (TPSA) is 98.3 Å². The van der Waals surface area contributed by atoms with Crippen molar-refractivity contribution >= 4 is 58.0 Å². The average Bonchev–Trinajstić information content (AvgIpc) is 2.83. The van der Waals surface area contributed by atoms with Gasteiger partial charge in [0.25, 0.3) is 11.4 Å². The zero-order valence-corrected chi connectivity index (χ0v) is 19.8. The smallest absolute Gasteiger partial charge is 0.269 e. The molecule has 0 fully saturated rings. The molecule has 0 saturated heterocycles. The maximum Gasteiger partial charge on any atom is 0.269 e. The van der Waals surface area contributed by atoms with Gasteiger partial charge in [-0.1, -0.05) is 35.3 Å². The van der Waals surface area contributed by atoms with Gasteiger partial charge in [-0.15, -0.1) is 0 Å². The quantitative estimate of drug-likeness (QED) is 0.183. The normalized spacial score (nSPS) is 11.8. The van der Waals surface area contributed by atoms with Crippen molar-refractivity contribution in [2.24, 2.45) is 0 Å². The molecule has 1 heterocycles. The van der Waals surface area contributed by atoms with E-state index in [0.29, 0.717) is 0 Å². The van der Waals surface area contributed by atoms with Crippen molar-refractivity contribution in [3.63, 3.8) is 0 Å². The number of nitrogens with zero attached hydrogens (tertiary/aromatic N) is 2. The lowest BCUT2D eigenvalue weighted by atomic mass is 10.2. The van der Waals surface area contributed by atoms with Crippen LogP contribution in [0.1, 0.15) is 0 Å². The molecule has 1 N–H and O–H groups in total. The van der Waals surface area contributed by atoms with Crippen LogP contribution >= 0.6 is 35.3 Å². The number of hydrogen-bond donors (Lipinski definition) is 1. The number of benzene rings is 4. The van der Waals surface area contributed by atoms with Gasteiger partial charge in [0.1, 0.15) is 0 Å². The van der Waals surface area contributed by atoms with Gasteiger partial charge in [-0.2, -0.15) is 0 Å². The molecular weight excluding hydrogens is 490 g/mol. The van der Waals surface area contributed by atoms with Crippen LogP contribution in [0.5, 0.6) is 0 Å². The van der Waals surface area contributed by atoms with E-state index in [1.54, 1.807) is 59.6 Å². The summed E-state index contributed by atoms with van der Waals surface area (Å²) in [5, 5.41) is 25.2. The van der Waals surface area contributed by atoms with Crippen molar-refractivity contribution in [3.05, 3.63) is 105 Å². The number of anilines is 2. The summed E-state index contributed by atoms with van der Waals surface area (Å²) in [4.78, 5) is 27.1. The highest BCUT2D eigenvalue weighted by molar-refractivity contribution is 8.00. The van der Waals surface area contributed by atoms with Gasteiger partial charge < -0.3 is 5.32 Å². The summed E-state index contributed by atoms with van der Waals surface area (Å²) >= 11 is 4.79. The highest BCUT2D eigenvalue weighted by atomic mass is 32.2. The summed E-state index contributed by atoms with van der Waals surface area (Å²) < 4.78 is 0. The monoisotopic (exact) mass is 505 g/mol. The van der Waals surface area contributed by atoms with Crippen LogP contribution in [-0.2, 0) is 0 Å².